The third-order valence-electron chi connectivity index (χ3n) is 4.28. The maximum Gasteiger partial charge on any atom is 0.266 e. The van der Waals surface area contributed by atoms with Crippen LogP contribution < -0.4 is 9.47 Å². The Morgan fingerprint density at radius 2 is 1.97 bits per heavy atom. The molecule has 1 aliphatic rings. The Hall–Kier alpha value is -2.64. The summed E-state index contributed by atoms with van der Waals surface area (Å²) in [4.78, 5) is 19.8. The third-order valence-corrected chi connectivity index (χ3v) is 5.57. The molecule has 3 rings (SSSR count). The number of methoxy groups -OCH3 is 1. The van der Waals surface area contributed by atoms with E-state index in [1.165, 1.54) is 18.9 Å². The number of rotatable bonds is 7. The zero-order valence-corrected chi connectivity index (χ0v) is 18.6. The number of amides is 1. The van der Waals surface area contributed by atoms with Gasteiger partial charge in [0, 0.05) is 6.54 Å². The fourth-order valence-electron chi connectivity index (χ4n) is 2.89. The minimum atomic E-state index is -0.128. The number of nitrogens with zero attached hydrogens (tertiary/aromatic N) is 2. The number of aliphatic imine (C=N–C) groups is 1. The van der Waals surface area contributed by atoms with Gasteiger partial charge in [-0.15, -0.1) is 0 Å². The Balaban J connectivity index is 1.92. The van der Waals surface area contributed by atoms with Crippen molar-refractivity contribution in [3.8, 4) is 17.2 Å². The smallest absolute Gasteiger partial charge is 0.266 e. The second-order valence-corrected chi connectivity index (χ2v) is 7.86. The molecular formula is C22H23ClN2O4S. The number of halogens is 1. The van der Waals surface area contributed by atoms with Crippen molar-refractivity contribution < 1.29 is 19.4 Å². The maximum atomic E-state index is 13.0. The van der Waals surface area contributed by atoms with Gasteiger partial charge in [0.25, 0.3) is 5.91 Å². The van der Waals surface area contributed by atoms with E-state index in [0.717, 1.165) is 17.9 Å². The Morgan fingerprint density at radius 1 is 1.23 bits per heavy atom. The fraction of sp³-hybridized carbons (Fsp3) is 0.273. The van der Waals surface area contributed by atoms with Crippen LogP contribution in [0.5, 0.6) is 17.2 Å². The topological polar surface area (TPSA) is 71.4 Å². The van der Waals surface area contributed by atoms with Crippen LogP contribution in [0.15, 0.2) is 46.3 Å². The van der Waals surface area contributed by atoms with Gasteiger partial charge in [0.15, 0.2) is 16.7 Å². The number of phenols is 1. The molecule has 1 saturated heterocycles. The first-order valence-corrected chi connectivity index (χ1v) is 10.8. The molecule has 2 aromatic carbocycles. The Morgan fingerprint density at radius 3 is 2.60 bits per heavy atom. The summed E-state index contributed by atoms with van der Waals surface area (Å²) in [5, 5.41) is 10.7. The summed E-state index contributed by atoms with van der Waals surface area (Å²) >= 11 is 7.38. The van der Waals surface area contributed by atoms with Crippen molar-refractivity contribution in [2.75, 3.05) is 20.3 Å². The standard InChI is InChI=1S/C22H23ClN2O4S/c1-4-10-25-21(27)19(13-14-11-17(23)20(26)18(12-14)28-3)30-22(25)24-15-6-8-16(9-7-15)29-5-2/h6-9,11-13,26H,4-5,10H2,1-3H3/b19-13-,24-22?. The van der Waals surface area contributed by atoms with Crippen LogP contribution in [-0.4, -0.2) is 41.3 Å². The molecule has 0 bridgehead atoms. The van der Waals surface area contributed by atoms with Gasteiger partial charge in [0.1, 0.15) is 5.75 Å². The van der Waals surface area contributed by atoms with E-state index >= 15 is 0 Å². The monoisotopic (exact) mass is 446 g/mol. The fourth-order valence-corrected chi connectivity index (χ4v) is 4.13. The molecule has 0 spiro atoms. The van der Waals surface area contributed by atoms with E-state index in [0.29, 0.717) is 28.8 Å². The number of amidine groups is 1. The van der Waals surface area contributed by atoms with Crippen LogP contribution in [0.1, 0.15) is 25.8 Å². The molecular weight excluding hydrogens is 424 g/mol. The van der Waals surface area contributed by atoms with Gasteiger partial charge in [-0.3, -0.25) is 9.69 Å². The Kier molecular flexibility index (Phi) is 7.29. The van der Waals surface area contributed by atoms with Gasteiger partial charge in [-0.25, -0.2) is 4.99 Å². The largest absolute Gasteiger partial charge is 0.503 e. The molecule has 1 amide bonds. The molecule has 0 aliphatic carbocycles. The van der Waals surface area contributed by atoms with Crippen LogP contribution in [0, 0.1) is 0 Å². The van der Waals surface area contributed by atoms with Crippen LogP contribution in [0.3, 0.4) is 0 Å². The summed E-state index contributed by atoms with van der Waals surface area (Å²) < 4.78 is 10.6. The summed E-state index contributed by atoms with van der Waals surface area (Å²) in [6, 6.07) is 10.7. The lowest BCUT2D eigenvalue weighted by molar-refractivity contribution is -0.122. The summed E-state index contributed by atoms with van der Waals surface area (Å²) in [5.41, 5.74) is 1.40. The summed E-state index contributed by atoms with van der Waals surface area (Å²) in [7, 11) is 1.45. The molecule has 0 aromatic heterocycles. The lowest BCUT2D eigenvalue weighted by Gasteiger charge is -2.14. The molecule has 1 fully saturated rings. The summed E-state index contributed by atoms with van der Waals surface area (Å²) in [5.74, 6) is 0.783. The zero-order valence-electron chi connectivity index (χ0n) is 17.0. The van der Waals surface area contributed by atoms with Crippen molar-refractivity contribution in [1.82, 2.24) is 4.90 Å². The molecule has 1 N–H and O–H groups in total. The van der Waals surface area contributed by atoms with Crippen LogP contribution in [-0.2, 0) is 4.79 Å². The normalized spacial score (nSPS) is 16.5. The minimum absolute atomic E-state index is 0.116. The highest BCUT2D eigenvalue weighted by Gasteiger charge is 2.32. The first-order chi connectivity index (χ1) is 14.5. The van der Waals surface area contributed by atoms with Crippen molar-refractivity contribution in [3.05, 3.63) is 51.9 Å². The van der Waals surface area contributed by atoms with Crippen LogP contribution in [0.2, 0.25) is 5.02 Å². The number of carbonyl (C=O) groups is 1. The highest BCUT2D eigenvalue weighted by molar-refractivity contribution is 8.18. The molecule has 0 unspecified atom stereocenters. The first-order valence-electron chi connectivity index (χ1n) is 9.56. The highest BCUT2D eigenvalue weighted by atomic mass is 35.5. The quantitative estimate of drug-likeness (QED) is 0.571. The molecule has 0 atom stereocenters. The third kappa shape index (κ3) is 4.91. The number of phenolic OH excluding ortho intramolecular Hbond substituents is 1. The van der Waals surface area contributed by atoms with Gasteiger partial charge in [0.2, 0.25) is 0 Å². The molecule has 8 heteroatoms. The number of benzene rings is 2. The number of hydrogen-bond donors (Lipinski definition) is 1. The van der Waals surface area contributed by atoms with E-state index < -0.39 is 0 Å². The lowest BCUT2D eigenvalue weighted by atomic mass is 10.2. The SMILES string of the molecule is CCCN1C(=O)/C(=C/c2cc(Cl)c(O)c(OC)c2)SC1=Nc1ccc(OCC)cc1. The second-order valence-electron chi connectivity index (χ2n) is 6.44. The lowest BCUT2D eigenvalue weighted by Crippen LogP contribution is -2.29. The van der Waals surface area contributed by atoms with Crippen LogP contribution in [0.25, 0.3) is 6.08 Å². The Bertz CT molecular complexity index is 989. The van der Waals surface area contributed by atoms with Crippen LogP contribution >= 0.6 is 23.4 Å². The van der Waals surface area contributed by atoms with E-state index in [9.17, 15) is 9.90 Å². The first kappa shape index (κ1) is 22.1. The number of hydrogen-bond acceptors (Lipinski definition) is 6. The predicted molar refractivity (Wildman–Crippen MR) is 122 cm³/mol. The van der Waals surface area contributed by atoms with Gasteiger partial charge < -0.3 is 14.6 Å². The van der Waals surface area contributed by atoms with Crippen LogP contribution in [0.4, 0.5) is 5.69 Å². The average molecular weight is 447 g/mol. The van der Waals surface area contributed by atoms with Crippen molar-refractivity contribution in [2.45, 2.75) is 20.3 Å². The number of carbonyl (C=O) groups excluding carboxylic acids is 1. The minimum Gasteiger partial charge on any atom is -0.503 e. The summed E-state index contributed by atoms with van der Waals surface area (Å²) in [6.45, 7) is 5.11. The molecule has 30 heavy (non-hydrogen) atoms. The maximum absolute atomic E-state index is 13.0. The Labute approximate surface area is 185 Å². The van der Waals surface area contributed by atoms with E-state index in [1.54, 1.807) is 23.1 Å². The van der Waals surface area contributed by atoms with E-state index in [4.69, 9.17) is 21.1 Å². The van der Waals surface area contributed by atoms with Crippen molar-refractivity contribution in [2.24, 2.45) is 4.99 Å². The average Bonchev–Trinajstić information content (AvgIpc) is 3.01. The van der Waals surface area contributed by atoms with E-state index in [2.05, 4.69) is 4.99 Å². The van der Waals surface area contributed by atoms with Crippen molar-refractivity contribution >= 4 is 46.2 Å². The zero-order chi connectivity index (χ0) is 21.7. The molecule has 0 saturated carbocycles. The molecule has 6 nitrogen and oxygen atoms in total. The molecule has 2 aromatic rings. The second kappa shape index (κ2) is 9.91. The van der Waals surface area contributed by atoms with Gasteiger partial charge in [0.05, 0.1) is 29.3 Å². The molecule has 1 heterocycles. The molecule has 1 aliphatic heterocycles. The number of thioether (sulfide) groups is 1. The van der Waals surface area contributed by atoms with Gasteiger partial charge in [-0.05, 0) is 73.1 Å². The van der Waals surface area contributed by atoms with E-state index in [-0.39, 0.29) is 22.4 Å². The molecule has 158 valence electrons. The molecule has 0 radical (unpaired) electrons. The van der Waals surface area contributed by atoms with Gasteiger partial charge in [-0.2, -0.15) is 0 Å². The number of aromatic hydroxyl groups is 1. The number of ether oxygens (including phenoxy) is 2. The predicted octanol–water partition coefficient (Wildman–Crippen LogP) is 5.47. The van der Waals surface area contributed by atoms with Crippen molar-refractivity contribution in [1.29, 1.82) is 0 Å². The van der Waals surface area contributed by atoms with Gasteiger partial charge in [-0.1, -0.05) is 18.5 Å². The van der Waals surface area contributed by atoms with Crippen molar-refractivity contribution in [3.63, 3.8) is 0 Å². The van der Waals surface area contributed by atoms with E-state index in [1.807, 2.05) is 38.1 Å². The highest BCUT2D eigenvalue weighted by Crippen LogP contribution is 2.38. The van der Waals surface area contributed by atoms with Gasteiger partial charge >= 0.3 is 0 Å². The summed E-state index contributed by atoms with van der Waals surface area (Å²) in [6.07, 6.45) is 2.53.